The Hall–Kier alpha value is -1.26. The van der Waals surface area contributed by atoms with Gasteiger partial charge in [-0.1, -0.05) is 11.3 Å². The molecule has 0 unspecified atom stereocenters. The van der Waals surface area contributed by atoms with Crippen molar-refractivity contribution in [3.05, 3.63) is 10.7 Å². The van der Waals surface area contributed by atoms with Crippen molar-refractivity contribution in [1.29, 1.82) is 0 Å². The van der Waals surface area contributed by atoms with Crippen molar-refractivity contribution in [3.8, 4) is 0 Å². The first kappa shape index (κ1) is 17.6. The van der Waals surface area contributed by atoms with Crippen molar-refractivity contribution >= 4 is 22.2 Å². The lowest BCUT2D eigenvalue weighted by atomic mass is 10.0. The number of nitrogens with one attached hydrogen (secondary N) is 1. The summed E-state index contributed by atoms with van der Waals surface area (Å²) in [5.74, 6) is 5.01. The lowest BCUT2D eigenvalue weighted by Crippen LogP contribution is -2.48. The molecule has 1 aromatic heterocycles. The molecule has 9 heteroatoms. The van der Waals surface area contributed by atoms with Crippen LogP contribution in [0.2, 0.25) is 0 Å². The summed E-state index contributed by atoms with van der Waals surface area (Å²) < 4.78 is 10.9. The Morgan fingerprint density at radius 1 is 1.17 bits per heavy atom. The number of nitrogens with zero attached hydrogens (tertiary/aromatic N) is 3. The van der Waals surface area contributed by atoms with Crippen molar-refractivity contribution in [1.82, 2.24) is 15.3 Å². The summed E-state index contributed by atoms with van der Waals surface area (Å²) in [5, 5.41) is 1.79. The third kappa shape index (κ3) is 3.40. The van der Waals surface area contributed by atoms with Crippen molar-refractivity contribution in [2.45, 2.75) is 19.4 Å². The molecule has 3 heterocycles. The number of nitrogen functional groups attached to an aromatic ring is 1. The van der Waals surface area contributed by atoms with Gasteiger partial charge in [0.05, 0.1) is 32.0 Å². The molecule has 1 amide bonds. The number of rotatable bonds is 4. The van der Waals surface area contributed by atoms with Gasteiger partial charge in [-0.2, -0.15) is 0 Å². The second-order valence-corrected chi connectivity index (χ2v) is 7.38. The maximum absolute atomic E-state index is 12.2. The summed E-state index contributed by atoms with van der Waals surface area (Å²) in [7, 11) is 0. The van der Waals surface area contributed by atoms with Crippen molar-refractivity contribution in [3.63, 3.8) is 0 Å². The van der Waals surface area contributed by atoms with E-state index in [9.17, 15) is 4.79 Å². The van der Waals surface area contributed by atoms with Gasteiger partial charge in [0.25, 0.3) is 5.91 Å². The van der Waals surface area contributed by atoms with Gasteiger partial charge in [0, 0.05) is 26.2 Å². The van der Waals surface area contributed by atoms with E-state index in [4.69, 9.17) is 15.3 Å². The number of morpholine rings is 2. The molecular formula is C15H25N5O3S. The lowest BCUT2D eigenvalue weighted by molar-refractivity contribution is -0.0118. The number of ether oxygens (including phenoxy) is 2. The molecule has 3 N–H and O–H groups in total. The monoisotopic (exact) mass is 355 g/mol. The molecule has 134 valence electrons. The molecule has 0 saturated carbocycles. The summed E-state index contributed by atoms with van der Waals surface area (Å²) in [4.78, 5) is 21.4. The smallest absolute Gasteiger partial charge is 0.286 e. The molecule has 2 saturated heterocycles. The molecule has 0 aliphatic carbocycles. The summed E-state index contributed by atoms with van der Waals surface area (Å²) in [5.41, 5.74) is 2.36. The van der Waals surface area contributed by atoms with Gasteiger partial charge in [-0.3, -0.25) is 15.1 Å². The summed E-state index contributed by atoms with van der Waals surface area (Å²) in [6.45, 7) is 10.3. The van der Waals surface area contributed by atoms with E-state index in [1.54, 1.807) is 11.3 Å². The molecule has 0 spiro atoms. The second kappa shape index (κ2) is 7.32. The molecule has 0 aromatic carbocycles. The Morgan fingerprint density at radius 2 is 1.75 bits per heavy atom. The highest BCUT2D eigenvalue weighted by Gasteiger charge is 2.35. The van der Waals surface area contributed by atoms with Crippen LogP contribution in [0.5, 0.6) is 0 Å². The van der Waals surface area contributed by atoms with Crippen molar-refractivity contribution < 1.29 is 14.3 Å². The molecule has 0 atom stereocenters. The van der Waals surface area contributed by atoms with Crippen LogP contribution in [-0.2, 0) is 15.0 Å². The Morgan fingerprint density at radius 3 is 2.33 bits per heavy atom. The minimum Gasteiger partial charge on any atom is -0.379 e. The van der Waals surface area contributed by atoms with E-state index in [2.05, 4.69) is 34.1 Å². The van der Waals surface area contributed by atoms with E-state index in [0.29, 0.717) is 18.9 Å². The lowest BCUT2D eigenvalue weighted by Gasteiger charge is -2.39. The molecular weight excluding hydrogens is 330 g/mol. The third-order valence-electron chi connectivity index (χ3n) is 4.58. The minimum atomic E-state index is -0.350. The van der Waals surface area contributed by atoms with E-state index in [-0.39, 0.29) is 11.4 Å². The number of aromatic nitrogens is 1. The Kier molecular flexibility index (Phi) is 5.36. The van der Waals surface area contributed by atoms with Crippen LogP contribution in [0, 0.1) is 0 Å². The highest BCUT2D eigenvalue weighted by atomic mass is 32.1. The number of thiazole rings is 1. The fourth-order valence-corrected chi connectivity index (χ4v) is 4.27. The molecule has 0 radical (unpaired) electrons. The molecule has 2 fully saturated rings. The van der Waals surface area contributed by atoms with Crippen molar-refractivity contribution in [2.75, 3.05) is 57.5 Å². The topological polar surface area (TPSA) is 93.0 Å². The maximum Gasteiger partial charge on any atom is 0.286 e. The zero-order chi connectivity index (χ0) is 17.2. The minimum absolute atomic E-state index is 0.261. The number of hydrazine groups is 1. The Labute approximate surface area is 145 Å². The van der Waals surface area contributed by atoms with Gasteiger partial charge in [-0.25, -0.2) is 10.8 Å². The average Bonchev–Trinajstić information content (AvgIpc) is 3.09. The van der Waals surface area contributed by atoms with Crippen LogP contribution in [0.3, 0.4) is 0 Å². The van der Waals surface area contributed by atoms with Crippen molar-refractivity contribution in [2.24, 2.45) is 5.84 Å². The number of hydrogen-bond acceptors (Lipinski definition) is 8. The first-order valence-corrected chi connectivity index (χ1v) is 9.03. The highest BCUT2D eigenvalue weighted by Crippen LogP contribution is 2.38. The summed E-state index contributed by atoms with van der Waals surface area (Å²) >= 11 is 1.57. The van der Waals surface area contributed by atoms with E-state index in [1.165, 1.54) is 0 Å². The van der Waals surface area contributed by atoms with E-state index in [1.807, 2.05) is 0 Å². The Balaban J connectivity index is 1.93. The van der Waals surface area contributed by atoms with Gasteiger partial charge in [0.1, 0.15) is 10.0 Å². The first-order chi connectivity index (χ1) is 11.5. The quantitative estimate of drug-likeness (QED) is 0.451. The van der Waals surface area contributed by atoms with Gasteiger partial charge >= 0.3 is 0 Å². The first-order valence-electron chi connectivity index (χ1n) is 8.22. The molecule has 2 aliphatic rings. The predicted molar refractivity (Wildman–Crippen MR) is 92.2 cm³/mol. The summed E-state index contributed by atoms with van der Waals surface area (Å²) in [6, 6.07) is 0. The number of nitrogens with two attached hydrogens (primary N) is 1. The van der Waals surface area contributed by atoms with Gasteiger partial charge in [0.15, 0.2) is 5.69 Å². The van der Waals surface area contributed by atoms with Gasteiger partial charge in [-0.05, 0) is 13.8 Å². The molecule has 0 bridgehead atoms. The summed E-state index contributed by atoms with van der Waals surface area (Å²) in [6.07, 6.45) is 0. The number of carbonyl (C=O) groups is 1. The van der Waals surface area contributed by atoms with E-state index < -0.39 is 0 Å². The molecule has 24 heavy (non-hydrogen) atoms. The standard InChI is InChI=1S/C15H25N5O3S/c1-15(2,20-5-9-23-10-6-20)14-17-11(12(21)18-16)13(24-14)19-3-7-22-8-4-19/h3-10,16H2,1-2H3,(H,18,21). The highest BCUT2D eigenvalue weighted by molar-refractivity contribution is 7.16. The van der Waals surface area contributed by atoms with Crippen LogP contribution < -0.4 is 16.2 Å². The predicted octanol–water partition coefficient (Wildman–Crippen LogP) is 0.151. The number of amides is 1. The van der Waals surface area contributed by atoms with Gasteiger partial charge < -0.3 is 14.4 Å². The fraction of sp³-hybridized carbons (Fsp3) is 0.733. The molecule has 2 aliphatic heterocycles. The van der Waals surface area contributed by atoms with Crippen LogP contribution in [-0.4, -0.2) is 68.4 Å². The van der Waals surface area contributed by atoms with Crippen LogP contribution in [0.15, 0.2) is 0 Å². The Bertz CT molecular complexity index is 580. The zero-order valence-electron chi connectivity index (χ0n) is 14.2. The van der Waals surface area contributed by atoms with E-state index in [0.717, 1.165) is 49.4 Å². The number of carbonyl (C=O) groups excluding carboxylic acids is 1. The molecule has 1 aromatic rings. The average molecular weight is 355 g/mol. The maximum atomic E-state index is 12.2. The third-order valence-corrected chi connectivity index (χ3v) is 6.01. The SMILES string of the molecule is CC(C)(c1nc(C(=O)NN)c(N2CCOCC2)s1)N1CCOCC1. The zero-order valence-corrected chi connectivity index (χ0v) is 15.0. The second-order valence-electron chi connectivity index (χ2n) is 6.40. The van der Waals surface area contributed by atoms with Crippen LogP contribution in [0.1, 0.15) is 29.3 Å². The van der Waals surface area contributed by atoms with Crippen LogP contribution >= 0.6 is 11.3 Å². The van der Waals surface area contributed by atoms with Crippen LogP contribution in [0.4, 0.5) is 5.00 Å². The van der Waals surface area contributed by atoms with Crippen LogP contribution in [0.25, 0.3) is 0 Å². The molecule has 3 rings (SSSR count). The van der Waals surface area contributed by atoms with E-state index >= 15 is 0 Å². The normalized spacial score (nSPS) is 20.2. The number of anilines is 1. The molecule has 8 nitrogen and oxygen atoms in total. The van der Waals surface area contributed by atoms with Gasteiger partial charge in [0.2, 0.25) is 0 Å². The largest absolute Gasteiger partial charge is 0.379 e. The number of hydrogen-bond donors (Lipinski definition) is 2. The fourth-order valence-electron chi connectivity index (χ4n) is 3.03. The van der Waals surface area contributed by atoms with Gasteiger partial charge in [-0.15, -0.1) is 0 Å².